The third kappa shape index (κ3) is 1.69. The van der Waals surface area contributed by atoms with Crippen LogP contribution in [0, 0.1) is 4.91 Å². The van der Waals surface area contributed by atoms with E-state index in [0.717, 1.165) is 5.69 Å². The van der Waals surface area contributed by atoms with Crippen molar-refractivity contribution < 1.29 is 0 Å². The van der Waals surface area contributed by atoms with Crippen LogP contribution in [0.5, 0.6) is 0 Å². The lowest BCUT2D eigenvalue weighted by molar-refractivity contribution is 1.13. The summed E-state index contributed by atoms with van der Waals surface area (Å²) in [6.45, 7) is 0. The maximum Gasteiger partial charge on any atom is 0.135 e. The molecule has 0 aliphatic carbocycles. The van der Waals surface area contributed by atoms with Gasteiger partial charge >= 0.3 is 0 Å². The van der Waals surface area contributed by atoms with Gasteiger partial charge in [-0.15, -0.1) is 4.91 Å². The van der Waals surface area contributed by atoms with Crippen LogP contribution in [0.25, 0.3) is 0 Å². The Kier molecular flexibility index (Phi) is 2.36. The van der Waals surface area contributed by atoms with Gasteiger partial charge in [-0.3, -0.25) is 0 Å². The van der Waals surface area contributed by atoms with E-state index in [0.29, 0.717) is 5.69 Å². The molecule has 0 saturated carbocycles. The predicted octanol–water partition coefficient (Wildman–Crippen LogP) is 1.31. The van der Waals surface area contributed by atoms with Crippen molar-refractivity contribution in [1.82, 2.24) is 0 Å². The third-order valence-corrected chi connectivity index (χ3v) is 1.79. The SMILES string of the molecule is CN(C)c1cc(N)c(N)c(N=O)c1. The molecule has 0 fully saturated rings. The first-order chi connectivity index (χ1) is 6.06. The number of nitrogens with zero attached hydrogens (tertiary/aromatic N) is 2. The van der Waals surface area contributed by atoms with E-state index in [4.69, 9.17) is 11.5 Å². The number of anilines is 3. The molecular weight excluding hydrogens is 168 g/mol. The second-order valence-electron chi connectivity index (χ2n) is 2.95. The Morgan fingerprint density at radius 2 is 1.92 bits per heavy atom. The molecule has 0 aliphatic heterocycles. The van der Waals surface area contributed by atoms with Crippen molar-refractivity contribution in [3.63, 3.8) is 0 Å². The lowest BCUT2D eigenvalue weighted by atomic mass is 10.2. The molecule has 4 N–H and O–H groups in total. The van der Waals surface area contributed by atoms with Crippen molar-refractivity contribution in [2.24, 2.45) is 5.18 Å². The van der Waals surface area contributed by atoms with E-state index in [1.54, 1.807) is 12.1 Å². The molecule has 70 valence electrons. The monoisotopic (exact) mass is 180 g/mol. The van der Waals surface area contributed by atoms with Gasteiger partial charge in [-0.05, 0) is 17.3 Å². The van der Waals surface area contributed by atoms with Crippen LogP contribution in [-0.2, 0) is 0 Å². The molecule has 0 saturated heterocycles. The Bertz CT molecular complexity index is 335. The molecule has 0 aliphatic rings. The van der Waals surface area contributed by atoms with Crippen LogP contribution in [0.1, 0.15) is 0 Å². The second kappa shape index (κ2) is 3.30. The van der Waals surface area contributed by atoms with Crippen molar-refractivity contribution in [3.8, 4) is 0 Å². The number of nitroso groups, excluding NO2 is 1. The first-order valence-corrected chi connectivity index (χ1v) is 3.76. The number of rotatable bonds is 2. The predicted molar refractivity (Wildman–Crippen MR) is 55.0 cm³/mol. The van der Waals surface area contributed by atoms with Gasteiger partial charge in [-0.1, -0.05) is 0 Å². The standard InChI is InChI=1S/C8H12N4O/c1-12(2)5-3-6(9)8(10)7(4-5)11-13/h3-4H,9-10H2,1-2H3. The second-order valence-corrected chi connectivity index (χ2v) is 2.95. The highest BCUT2D eigenvalue weighted by Gasteiger charge is 2.06. The van der Waals surface area contributed by atoms with Gasteiger partial charge in [0, 0.05) is 19.8 Å². The number of nitrogens with two attached hydrogens (primary N) is 2. The molecule has 0 radical (unpaired) electrons. The Hall–Kier alpha value is -1.78. The Morgan fingerprint density at radius 3 is 2.38 bits per heavy atom. The van der Waals surface area contributed by atoms with Gasteiger partial charge in [0.15, 0.2) is 0 Å². The zero-order valence-corrected chi connectivity index (χ0v) is 7.61. The molecule has 1 rings (SSSR count). The largest absolute Gasteiger partial charge is 0.397 e. The van der Waals surface area contributed by atoms with E-state index in [1.165, 1.54) is 0 Å². The van der Waals surface area contributed by atoms with Gasteiger partial charge in [0.05, 0.1) is 11.4 Å². The molecule has 0 atom stereocenters. The quantitative estimate of drug-likeness (QED) is 0.531. The number of hydrogen-bond donors (Lipinski definition) is 2. The maximum absolute atomic E-state index is 10.4. The van der Waals surface area contributed by atoms with Gasteiger partial charge in [-0.25, -0.2) is 0 Å². The molecular formula is C8H12N4O. The van der Waals surface area contributed by atoms with Crippen LogP contribution in [0.15, 0.2) is 17.3 Å². The molecule has 5 heteroatoms. The van der Waals surface area contributed by atoms with Crippen LogP contribution in [0.3, 0.4) is 0 Å². The molecule has 1 aromatic rings. The zero-order valence-electron chi connectivity index (χ0n) is 7.61. The molecule has 13 heavy (non-hydrogen) atoms. The molecule has 0 unspecified atom stereocenters. The molecule has 0 bridgehead atoms. The molecule has 0 heterocycles. The highest BCUT2D eigenvalue weighted by Crippen LogP contribution is 2.32. The Balaban J connectivity index is 3.30. The highest BCUT2D eigenvalue weighted by atomic mass is 16.3. The van der Waals surface area contributed by atoms with E-state index in [1.807, 2.05) is 19.0 Å². The van der Waals surface area contributed by atoms with E-state index in [9.17, 15) is 4.91 Å². The number of nitrogen functional groups attached to an aromatic ring is 2. The summed E-state index contributed by atoms with van der Waals surface area (Å²) in [5.41, 5.74) is 12.7. The normalized spacial score (nSPS) is 9.69. The molecule has 0 aromatic heterocycles. The Labute approximate surface area is 76.3 Å². The number of benzene rings is 1. The molecule has 1 aromatic carbocycles. The topological polar surface area (TPSA) is 84.7 Å². The van der Waals surface area contributed by atoms with Crippen molar-refractivity contribution in [2.45, 2.75) is 0 Å². The van der Waals surface area contributed by atoms with E-state index in [2.05, 4.69) is 5.18 Å². The first-order valence-electron chi connectivity index (χ1n) is 3.76. The van der Waals surface area contributed by atoms with Gasteiger partial charge in [0.2, 0.25) is 0 Å². The summed E-state index contributed by atoms with van der Waals surface area (Å²) in [5, 5.41) is 2.79. The zero-order chi connectivity index (χ0) is 10.0. The van der Waals surface area contributed by atoms with Crippen molar-refractivity contribution in [3.05, 3.63) is 17.0 Å². The fourth-order valence-corrected chi connectivity index (χ4v) is 0.978. The summed E-state index contributed by atoms with van der Waals surface area (Å²) in [4.78, 5) is 12.2. The lowest BCUT2D eigenvalue weighted by Crippen LogP contribution is -2.09. The summed E-state index contributed by atoms with van der Waals surface area (Å²) >= 11 is 0. The van der Waals surface area contributed by atoms with Crippen LogP contribution in [0.2, 0.25) is 0 Å². The fourth-order valence-electron chi connectivity index (χ4n) is 0.978. The van der Waals surface area contributed by atoms with E-state index >= 15 is 0 Å². The summed E-state index contributed by atoms with van der Waals surface area (Å²) < 4.78 is 0. The summed E-state index contributed by atoms with van der Waals surface area (Å²) in [6.07, 6.45) is 0. The van der Waals surface area contributed by atoms with E-state index in [-0.39, 0.29) is 11.4 Å². The minimum absolute atomic E-state index is 0.184. The fraction of sp³-hybridized carbons (Fsp3) is 0.250. The van der Waals surface area contributed by atoms with Gasteiger partial charge in [0.1, 0.15) is 5.69 Å². The van der Waals surface area contributed by atoms with Crippen LogP contribution >= 0.6 is 0 Å². The minimum atomic E-state index is 0.184. The lowest BCUT2D eigenvalue weighted by Gasteiger charge is -2.14. The molecule has 5 nitrogen and oxygen atoms in total. The summed E-state index contributed by atoms with van der Waals surface area (Å²) in [7, 11) is 3.69. The third-order valence-electron chi connectivity index (χ3n) is 1.79. The van der Waals surface area contributed by atoms with Crippen LogP contribution in [-0.4, -0.2) is 14.1 Å². The van der Waals surface area contributed by atoms with E-state index < -0.39 is 0 Å². The number of hydrogen-bond acceptors (Lipinski definition) is 5. The Morgan fingerprint density at radius 1 is 1.31 bits per heavy atom. The van der Waals surface area contributed by atoms with Crippen molar-refractivity contribution in [1.29, 1.82) is 0 Å². The molecule has 0 amide bonds. The van der Waals surface area contributed by atoms with Crippen LogP contribution < -0.4 is 16.4 Å². The van der Waals surface area contributed by atoms with Gasteiger partial charge in [0.25, 0.3) is 0 Å². The molecule has 0 spiro atoms. The minimum Gasteiger partial charge on any atom is -0.397 e. The maximum atomic E-state index is 10.4. The summed E-state index contributed by atoms with van der Waals surface area (Å²) in [6, 6.07) is 3.29. The van der Waals surface area contributed by atoms with Crippen molar-refractivity contribution >= 4 is 22.7 Å². The van der Waals surface area contributed by atoms with Crippen molar-refractivity contribution in [2.75, 3.05) is 30.5 Å². The average molecular weight is 180 g/mol. The van der Waals surface area contributed by atoms with Gasteiger partial charge < -0.3 is 16.4 Å². The van der Waals surface area contributed by atoms with Gasteiger partial charge in [-0.2, -0.15) is 0 Å². The van der Waals surface area contributed by atoms with Crippen LogP contribution in [0.4, 0.5) is 22.7 Å². The summed E-state index contributed by atoms with van der Waals surface area (Å²) in [5.74, 6) is 0. The first kappa shape index (κ1) is 9.31. The highest BCUT2D eigenvalue weighted by molar-refractivity contribution is 5.81. The smallest absolute Gasteiger partial charge is 0.135 e. The average Bonchev–Trinajstić information content (AvgIpc) is 2.09.